The van der Waals surface area contributed by atoms with Gasteiger partial charge in [0.15, 0.2) is 5.82 Å². The first-order chi connectivity index (χ1) is 10.3. The lowest BCUT2D eigenvalue weighted by Crippen LogP contribution is -2.20. The van der Waals surface area contributed by atoms with Gasteiger partial charge in [-0.3, -0.25) is 0 Å². The highest BCUT2D eigenvalue weighted by Gasteiger charge is 2.20. The second kappa shape index (κ2) is 6.43. The first-order valence-corrected chi connectivity index (χ1v) is 8.03. The molecule has 0 bridgehead atoms. The van der Waals surface area contributed by atoms with Crippen LogP contribution in [-0.2, 0) is 19.4 Å². The Morgan fingerprint density at radius 3 is 3.00 bits per heavy atom. The van der Waals surface area contributed by atoms with Crippen LogP contribution in [0.25, 0.3) is 0 Å². The largest absolute Gasteiger partial charge is 0.346 e. The zero-order valence-electron chi connectivity index (χ0n) is 12.9. The van der Waals surface area contributed by atoms with Gasteiger partial charge in [-0.15, -0.1) is 0 Å². The van der Waals surface area contributed by atoms with E-state index in [1.165, 1.54) is 36.8 Å². The molecule has 0 aromatic carbocycles. The quantitative estimate of drug-likeness (QED) is 0.860. The van der Waals surface area contributed by atoms with Crippen molar-refractivity contribution >= 4 is 0 Å². The summed E-state index contributed by atoms with van der Waals surface area (Å²) in [6, 6.07) is 0.491. The molecule has 2 heterocycles. The zero-order valence-corrected chi connectivity index (χ0v) is 12.9. The molecule has 0 aliphatic heterocycles. The molecule has 5 heteroatoms. The van der Waals surface area contributed by atoms with Gasteiger partial charge in [-0.25, -0.2) is 0 Å². The van der Waals surface area contributed by atoms with Crippen LogP contribution >= 0.6 is 0 Å². The van der Waals surface area contributed by atoms with E-state index in [1.54, 1.807) is 0 Å². The van der Waals surface area contributed by atoms with Gasteiger partial charge in [0, 0.05) is 24.9 Å². The molecule has 0 spiro atoms. The Bertz CT molecular complexity index is 587. The monoisotopic (exact) mass is 288 g/mol. The van der Waals surface area contributed by atoms with E-state index in [0.717, 1.165) is 18.8 Å². The average molecular weight is 288 g/mol. The van der Waals surface area contributed by atoms with Crippen LogP contribution in [0.15, 0.2) is 16.9 Å². The highest BCUT2D eigenvalue weighted by atomic mass is 16.5. The molecular formula is C16H24N4O. The van der Waals surface area contributed by atoms with Gasteiger partial charge in [-0.05, 0) is 36.9 Å². The maximum Gasteiger partial charge on any atom is 0.226 e. The summed E-state index contributed by atoms with van der Waals surface area (Å²) in [4.78, 5) is 4.39. The second-order valence-electron chi connectivity index (χ2n) is 5.73. The average Bonchev–Trinajstić information content (AvgIpc) is 3.05. The van der Waals surface area contributed by atoms with Crippen molar-refractivity contribution in [3.63, 3.8) is 0 Å². The summed E-state index contributed by atoms with van der Waals surface area (Å²) in [7, 11) is 0. The van der Waals surface area contributed by atoms with E-state index < -0.39 is 0 Å². The predicted octanol–water partition coefficient (Wildman–Crippen LogP) is 2.86. The Morgan fingerprint density at radius 2 is 2.24 bits per heavy atom. The van der Waals surface area contributed by atoms with Crippen LogP contribution < -0.4 is 5.32 Å². The van der Waals surface area contributed by atoms with Gasteiger partial charge in [0.2, 0.25) is 5.89 Å². The van der Waals surface area contributed by atoms with Crippen molar-refractivity contribution in [2.24, 2.45) is 0 Å². The fourth-order valence-electron chi connectivity index (χ4n) is 3.13. The molecule has 0 radical (unpaired) electrons. The fourth-order valence-corrected chi connectivity index (χ4v) is 3.13. The molecule has 1 atom stereocenters. The van der Waals surface area contributed by atoms with E-state index in [4.69, 9.17) is 4.52 Å². The minimum absolute atomic E-state index is 0.491. The summed E-state index contributed by atoms with van der Waals surface area (Å²) < 4.78 is 7.38. The van der Waals surface area contributed by atoms with E-state index in [1.807, 2.05) is 6.92 Å². The van der Waals surface area contributed by atoms with Crippen LogP contribution in [0, 0.1) is 0 Å². The molecule has 0 fully saturated rings. The summed E-state index contributed by atoms with van der Waals surface area (Å²) in [5.74, 6) is 1.47. The fraction of sp³-hybridized carbons (Fsp3) is 0.625. The van der Waals surface area contributed by atoms with Crippen molar-refractivity contribution in [1.82, 2.24) is 20.0 Å². The summed E-state index contributed by atoms with van der Waals surface area (Å²) in [6.45, 7) is 5.90. The molecule has 21 heavy (non-hydrogen) atoms. The van der Waals surface area contributed by atoms with E-state index in [0.29, 0.717) is 18.5 Å². The van der Waals surface area contributed by atoms with Gasteiger partial charge in [0.1, 0.15) is 0 Å². The molecule has 0 amide bonds. The number of nitrogens with zero attached hydrogens (tertiary/aromatic N) is 3. The molecule has 5 nitrogen and oxygen atoms in total. The number of hydrogen-bond acceptors (Lipinski definition) is 4. The smallest absolute Gasteiger partial charge is 0.226 e. The number of nitrogens with one attached hydrogen (secondary N) is 1. The molecule has 0 saturated carbocycles. The lowest BCUT2D eigenvalue weighted by molar-refractivity contribution is 0.375. The molecule has 1 N–H and O–H groups in total. The van der Waals surface area contributed by atoms with Crippen LogP contribution in [0.4, 0.5) is 0 Å². The molecule has 1 unspecified atom stereocenters. The first kappa shape index (κ1) is 14.3. The highest BCUT2D eigenvalue weighted by Crippen LogP contribution is 2.29. The molecule has 1 aliphatic rings. The number of aromatic nitrogens is 3. The van der Waals surface area contributed by atoms with E-state index >= 15 is 0 Å². The second-order valence-corrected chi connectivity index (χ2v) is 5.73. The number of rotatable bonds is 5. The maximum absolute atomic E-state index is 5.18. The summed E-state index contributed by atoms with van der Waals surface area (Å²) in [5, 5.41) is 7.65. The molecule has 2 aromatic heterocycles. The van der Waals surface area contributed by atoms with Crippen LogP contribution in [0.2, 0.25) is 0 Å². The van der Waals surface area contributed by atoms with Crippen LogP contribution in [0.3, 0.4) is 0 Å². The molecule has 1 aliphatic carbocycles. The van der Waals surface area contributed by atoms with Crippen molar-refractivity contribution in [1.29, 1.82) is 0 Å². The Labute approximate surface area is 125 Å². The van der Waals surface area contributed by atoms with Crippen molar-refractivity contribution in [3.8, 4) is 0 Å². The summed E-state index contributed by atoms with van der Waals surface area (Å²) in [5.41, 5.74) is 2.92. The van der Waals surface area contributed by atoms with E-state index in [9.17, 15) is 0 Å². The van der Waals surface area contributed by atoms with Gasteiger partial charge in [0.25, 0.3) is 0 Å². The Hall–Kier alpha value is -1.62. The third kappa shape index (κ3) is 3.18. The lowest BCUT2D eigenvalue weighted by Gasteiger charge is -2.15. The van der Waals surface area contributed by atoms with Gasteiger partial charge in [-0.1, -0.05) is 25.4 Å². The van der Waals surface area contributed by atoms with Gasteiger partial charge in [-0.2, -0.15) is 4.98 Å². The third-order valence-corrected chi connectivity index (χ3v) is 4.15. The summed E-state index contributed by atoms with van der Waals surface area (Å²) in [6.07, 6.45) is 10.3. The number of aryl methyl sites for hydroxylation is 2. The minimum atomic E-state index is 0.491. The summed E-state index contributed by atoms with van der Waals surface area (Å²) >= 11 is 0. The van der Waals surface area contributed by atoms with Crippen LogP contribution in [0.1, 0.15) is 62.0 Å². The normalized spacial score (nSPS) is 18.5. The highest BCUT2D eigenvalue weighted by molar-refractivity contribution is 5.29. The van der Waals surface area contributed by atoms with Gasteiger partial charge < -0.3 is 14.4 Å². The van der Waals surface area contributed by atoms with E-state index in [2.05, 4.69) is 39.3 Å². The van der Waals surface area contributed by atoms with Crippen molar-refractivity contribution < 1.29 is 4.52 Å². The third-order valence-electron chi connectivity index (χ3n) is 4.15. The Balaban J connectivity index is 1.80. The van der Waals surface area contributed by atoms with Crippen LogP contribution in [0.5, 0.6) is 0 Å². The first-order valence-electron chi connectivity index (χ1n) is 8.03. The van der Waals surface area contributed by atoms with Crippen LogP contribution in [-0.4, -0.2) is 21.3 Å². The zero-order chi connectivity index (χ0) is 14.7. The van der Waals surface area contributed by atoms with Crippen molar-refractivity contribution in [2.75, 3.05) is 6.54 Å². The van der Waals surface area contributed by atoms with E-state index in [-0.39, 0.29) is 0 Å². The molecule has 3 rings (SSSR count). The molecule has 0 saturated heterocycles. The Kier molecular flexibility index (Phi) is 4.39. The predicted molar refractivity (Wildman–Crippen MR) is 81.2 cm³/mol. The van der Waals surface area contributed by atoms with Crippen molar-refractivity contribution in [2.45, 2.75) is 58.5 Å². The van der Waals surface area contributed by atoms with Crippen molar-refractivity contribution in [3.05, 3.63) is 35.2 Å². The minimum Gasteiger partial charge on any atom is -0.346 e. The molecular weight excluding hydrogens is 264 g/mol. The SMILES string of the molecule is CCNC1CCCCc2cn(Cc3noc(CC)n3)cc21. The number of hydrogen-bond donors (Lipinski definition) is 1. The van der Waals surface area contributed by atoms with Gasteiger partial charge in [0.05, 0.1) is 6.54 Å². The molecule has 2 aromatic rings. The lowest BCUT2D eigenvalue weighted by atomic mass is 10.0. The maximum atomic E-state index is 5.18. The Morgan fingerprint density at radius 1 is 1.33 bits per heavy atom. The van der Waals surface area contributed by atoms with Gasteiger partial charge >= 0.3 is 0 Å². The standard InChI is InChI=1S/C16H24N4O/c1-3-16-18-15(19-21-16)11-20-9-12-7-5-6-8-14(17-4-2)13(12)10-20/h9-10,14,17H,3-8,11H2,1-2H3. The number of fused-ring (bicyclic) bond motifs is 1. The topological polar surface area (TPSA) is 55.9 Å². The molecule has 114 valence electrons.